The number of hydrazine groups is 3. The number of anilines is 3. The molecule has 2 bridgehead atoms. The lowest BCUT2D eigenvalue weighted by atomic mass is 9.93. The molecule has 2 saturated heterocycles. The van der Waals surface area contributed by atoms with E-state index >= 15 is 0 Å². The normalized spacial score (nSPS) is 25.4. The van der Waals surface area contributed by atoms with E-state index < -0.39 is 0 Å². The first kappa shape index (κ1) is 25.6. The molecule has 12 heteroatoms. The van der Waals surface area contributed by atoms with Gasteiger partial charge in [0.1, 0.15) is 5.84 Å². The van der Waals surface area contributed by atoms with Gasteiger partial charge in [0.2, 0.25) is 5.28 Å². The lowest BCUT2D eigenvalue weighted by Gasteiger charge is -2.41. The molecular formula is C28H34ClN9O2. The standard InChI is InChI=1S/C28H34ClN9O2/c1-40-25-14-21-22(15-24(25)39)31-28(29)32-27(21)38-26(30)16-37(34-38)33-19-4-6-20(7-5-19)35-8-10-36(11-9-35)23-13-17-2-3-18(23)12-17/h4-7,14-15,17-18,23,30,33-34,39H,2-3,8-13,16H2,1H3. The second kappa shape index (κ2) is 10.2. The number of rotatable bonds is 6. The number of hydrogen-bond donors (Lipinski definition) is 4. The molecule has 2 aliphatic carbocycles. The van der Waals surface area contributed by atoms with Crippen LogP contribution in [-0.4, -0.2) is 76.8 Å². The van der Waals surface area contributed by atoms with Crippen LogP contribution < -0.4 is 25.6 Å². The molecule has 3 heterocycles. The summed E-state index contributed by atoms with van der Waals surface area (Å²) in [7, 11) is 1.48. The first-order chi connectivity index (χ1) is 19.4. The molecule has 40 heavy (non-hydrogen) atoms. The van der Waals surface area contributed by atoms with Crippen molar-refractivity contribution in [1.82, 2.24) is 25.5 Å². The quantitative estimate of drug-likeness (QED) is 0.329. The van der Waals surface area contributed by atoms with E-state index in [0.29, 0.717) is 16.7 Å². The summed E-state index contributed by atoms with van der Waals surface area (Å²) < 4.78 is 5.26. The Kier molecular flexibility index (Phi) is 6.54. The van der Waals surface area contributed by atoms with Gasteiger partial charge in [-0.25, -0.2) is 9.99 Å². The van der Waals surface area contributed by atoms with Crippen molar-refractivity contribution in [3.8, 4) is 11.5 Å². The molecule has 0 spiro atoms. The van der Waals surface area contributed by atoms with Crippen molar-refractivity contribution in [2.75, 3.05) is 55.2 Å². The number of halogens is 1. The molecule has 0 amide bonds. The minimum Gasteiger partial charge on any atom is -0.504 e. The van der Waals surface area contributed by atoms with Gasteiger partial charge in [0.25, 0.3) is 0 Å². The van der Waals surface area contributed by atoms with Gasteiger partial charge >= 0.3 is 0 Å². The molecule has 3 unspecified atom stereocenters. The number of nitrogens with one attached hydrogen (secondary N) is 3. The Morgan fingerprint density at radius 3 is 2.58 bits per heavy atom. The van der Waals surface area contributed by atoms with Gasteiger partial charge in [0.05, 0.1) is 24.9 Å². The largest absolute Gasteiger partial charge is 0.504 e. The Morgan fingerprint density at radius 1 is 1.07 bits per heavy atom. The third-order valence-electron chi connectivity index (χ3n) is 8.94. The molecule has 3 aromatic rings. The van der Waals surface area contributed by atoms with E-state index in [4.69, 9.17) is 21.7 Å². The third kappa shape index (κ3) is 4.66. The smallest absolute Gasteiger partial charge is 0.224 e. The molecule has 2 aliphatic heterocycles. The number of hydrogen-bond acceptors (Lipinski definition) is 10. The van der Waals surface area contributed by atoms with Crippen molar-refractivity contribution < 1.29 is 9.84 Å². The van der Waals surface area contributed by atoms with Crippen molar-refractivity contribution in [2.45, 2.75) is 31.7 Å². The second-order valence-corrected chi connectivity index (χ2v) is 11.6. The molecule has 4 aliphatic rings. The van der Waals surface area contributed by atoms with Gasteiger partial charge in [-0.05, 0) is 73.0 Å². The summed E-state index contributed by atoms with van der Waals surface area (Å²) in [6.45, 7) is 4.72. The van der Waals surface area contributed by atoms with E-state index in [9.17, 15) is 5.11 Å². The lowest BCUT2D eigenvalue weighted by molar-refractivity contribution is 0.135. The molecule has 210 valence electrons. The van der Waals surface area contributed by atoms with Crippen LogP contribution in [0.15, 0.2) is 36.4 Å². The van der Waals surface area contributed by atoms with Gasteiger partial charge in [-0.1, -0.05) is 6.42 Å². The monoisotopic (exact) mass is 563 g/mol. The first-order valence-electron chi connectivity index (χ1n) is 14.0. The zero-order valence-electron chi connectivity index (χ0n) is 22.5. The highest BCUT2D eigenvalue weighted by Gasteiger charge is 2.42. The van der Waals surface area contributed by atoms with Crippen molar-refractivity contribution in [1.29, 1.82) is 5.41 Å². The van der Waals surface area contributed by atoms with Gasteiger partial charge < -0.3 is 20.2 Å². The Hall–Kier alpha value is -3.38. The number of amidine groups is 1. The number of benzene rings is 2. The summed E-state index contributed by atoms with van der Waals surface area (Å²) in [6, 6.07) is 12.4. The molecule has 2 saturated carbocycles. The number of aromatic nitrogens is 2. The molecular weight excluding hydrogens is 530 g/mol. The van der Waals surface area contributed by atoms with Crippen LogP contribution in [0, 0.1) is 17.2 Å². The van der Waals surface area contributed by atoms with Gasteiger partial charge in [-0.3, -0.25) is 10.3 Å². The molecule has 4 fully saturated rings. The van der Waals surface area contributed by atoms with E-state index in [1.807, 2.05) is 0 Å². The van der Waals surface area contributed by atoms with Crippen molar-refractivity contribution in [3.05, 3.63) is 41.7 Å². The van der Waals surface area contributed by atoms with E-state index in [1.165, 1.54) is 49.6 Å². The van der Waals surface area contributed by atoms with Crippen molar-refractivity contribution >= 4 is 45.5 Å². The molecule has 1 aromatic heterocycles. The SMILES string of the molecule is COc1cc2c(N3NN(Nc4ccc(N5CCN(C6CC7CCC6C7)CC5)cc4)CC3=N)nc(Cl)nc2cc1O. The Morgan fingerprint density at radius 2 is 1.88 bits per heavy atom. The van der Waals surface area contributed by atoms with Crippen LogP contribution >= 0.6 is 11.6 Å². The fourth-order valence-electron chi connectivity index (χ4n) is 6.98. The average molecular weight is 564 g/mol. The summed E-state index contributed by atoms with van der Waals surface area (Å²) in [4.78, 5) is 13.8. The molecule has 11 nitrogen and oxygen atoms in total. The zero-order valence-corrected chi connectivity index (χ0v) is 23.2. The fraction of sp³-hybridized carbons (Fsp3) is 0.464. The third-order valence-corrected chi connectivity index (χ3v) is 9.11. The number of phenols is 1. The van der Waals surface area contributed by atoms with E-state index in [1.54, 1.807) is 11.2 Å². The Labute approximate surface area is 238 Å². The summed E-state index contributed by atoms with van der Waals surface area (Å²) >= 11 is 6.18. The molecule has 7 rings (SSSR count). The van der Waals surface area contributed by atoms with Crippen LogP contribution in [0.25, 0.3) is 10.9 Å². The van der Waals surface area contributed by atoms with Crippen molar-refractivity contribution in [3.63, 3.8) is 0 Å². The lowest BCUT2D eigenvalue weighted by Crippen LogP contribution is -2.51. The first-order valence-corrected chi connectivity index (χ1v) is 14.3. The number of fused-ring (bicyclic) bond motifs is 3. The van der Waals surface area contributed by atoms with Gasteiger partial charge in [0.15, 0.2) is 17.3 Å². The summed E-state index contributed by atoms with van der Waals surface area (Å²) in [5.74, 6) is 2.83. The number of aromatic hydroxyl groups is 1. The van der Waals surface area contributed by atoms with E-state index in [-0.39, 0.29) is 29.2 Å². The number of phenolic OH excluding ortho intramolecular Hbond substituents is 1. The maximum Gasteiger partial charge on any atom is 0.224 e. The van der Waals surface area contributed by atoms with Gasteiger partial charge in [-0.15, -0.1) is 10.7 Å². The average Bonchev–Trinajstić information content (AvgIpc) is 3.69. The summed E-state index contributed by atoms with van der Waals surface area (Å²) in [6.07, 6.45) is 5.78. The van der Waals surface area contributed by atoms with E-state index in [2.05, 4.69) is 55.0 Å². The predicted octanol–water partition coefficient (Wildman–Crippen LogP) is 3.85. The highest BCUT2D eigenvalue weighted by molar-refractivity contribution is 6.29. The highest BCUT2D eigenvalue weighted by Crippen LogP contribution is 2.46. The number of piperazine rings is 1. The van der Waals surface area contributed by atoms with Crippen LogP contribution in [0.3, 0.4) is 0 Å². The van der Waals surface area contributed by atoms with Crippen LogP contribution in [0.4, 0.5) is 17.2 Å². The molecule has 0 radical (unpaired) electrons. The number of nitrogens with zero attached hydrogens (tertiary/aromatic N) is 6. The van der Waals surface area contributed by atoms with Crippen LogP contribution in [0.1, 0.15) is 25.7 Å². The summed E-state index contributed by atoms with van der Waals surface area (Å²) in [5.41, 5.74) is 9.08. The molecule has 4 N–H and O–H groups in total. The highest BCUT2D eigenvalue weighted by atomic mass is 35.5. The maximum atomic E-state index is 10.2. The predicted molar refractivity (Wildman–Crippen MR) is 156 cm³/mol. The second-order valence-electron chi connectivity index (χ2n) is 11.2. The van der Waals surface area contributed by atoms with Gasteiger partial charge in [0, 0.05) is 49.4 Å². The maximum absolute atomic E-state index is 10.2. The minimum absolute atomic E-state index is 0.0139. The Bertz CT molecular complexity index is 1430. The van der Waals surface area contributed by atoms with E-state index in [0.717, 1.165) is 49.7 Å². The summed E-state index contributed by atoms with van der Waals surface area (Å²) in [5, 5.41) is 22.6. The minimum atomic E-state index is -0.0468. The number of methoxy groups -OCH3 is 1. The van der Waals surface area contributed by atoms with Crippen LogP contribution in [-0.2, 0) is 0 Å². The number of ether oxygens (including phenoxy) is 1. The fourth-order valence-corrected chi connectivity index (χ4v) is 7.16. The zero-order chi connectivity index (χ0) is 27.4. The van der Waals surface area contributed by atoms with Crippen molar-refractivity contribution in [2.24, 2.45) is 11.8 Å². The van der Waals surface area contributed by atoms with Crippen LogP contribution in [0.5, 0.6) is 11.5 Å². The topological polar surface area (TPSA) is 116 Å². The molecule has 3 atom stereocenters. The molecule has 2 aromatic carbocycles. The van der Waals surface area contributed by atoms with Crippen LogP contribution in [0.2, 0.25) is 5.28 Å². The Balaban J connectivity index is 0.996. The van der Waals surface area contributed by atoms with Gasteiger partial charge in [-0.2, -0.15) is 4.98 Å².